The predicted octanol–water partition coefficient (Wildman–Crippen LogP) is 4.11. The number of ether oxygens (including phenoxy) is 1. The second-order valence-corrected chi connectivity index (χ2v) is 9.65. The van der Waals surface area contributed by atoms with Gasteiger partial charge in [0, 0.05) is 25.1 Å². The van der Waals surface area contributed by atoms with Gasteiger partial charge in [-0.2, -0.15) is 0 Å². The summed E-state index contributed by atoms with van der Waals surface area (Å²) in [4.78, 5) is 38.7. The lowest BCUT2D eigenvalue weighted by Crippen LogP contribution is -2.54. The van der Waals surface area contributed by atoms with Crippen molar-refractivity contribution in [1.29, 1.82) is 0 Å². The molecule has 1 aromatic heterocycles. The van der Waals surface area contributed by atoms with Crippen molar-refractivity contribution in [3.8, 4) is 5.69 Å². The fraction of sp³-hybridized carbons (Fsp3) is 0.321. The molecule has 0 saturated heterocycles. The summed E-state index contributed by atoms with van der Waals surface area (Å²) in [6.45, 7) is 5.64. The Morgan fingerprint density at radius 1 is 0.972 bits per heavy atom. The number of hydrogen-bond donors (Lipinski definition) is 2. The van der Waals surface area contributed by atoms with Crippen LogP contribution in [0.4, 0.5) is 4.39 Å². The highest BCUT2D eigenvalue weighted by Gasteiger charge is 2.35. The van der Waals surface area contributed by atoms with Crippen LogP contribution in [0.25, 0.3) is 5.69 Å². The van der Waals surface area contributed by atoms with Crippen molar-refractivity contribution in [2.45, 2.75) is 45.8 Å². The third kappa shape index (κ3) is 7.04. The van der Waals surface area contributed by atoms with Crippen LogP contribution >= 0.6 is 0 Å². The average molecular weight is 494 g/mol. The van der Waals surface area contributed by atoms with Crippen LogP contribution in [0, 0.1) is 11.2 Å². The molecule has 8 heteroatoms. The Hall–Kier alpha value is -3.94. The van der Waals surface area contributed by atoms with Gasteiger partial charge in [-0.15, -0.1) is 0 Å². The molecule has 2 atom stereocenters. The summed E-state index contributed by atoms with van der Waals surface area (Å²) in [5.41, 5.74) is 1.54. The minimum Gasteiger partial charge on any atom is -0.461 e. The Balaban J connectivity index is 1.84. The van der Waals surface area contributed by atoms with Crippen LogP contribution in [0.3, 0.4) is 0 Å². The summed E-state index contributed by atoms with van der Waals surface area (Å²) in [5, 5.41) is 5.41. The van der Waals surface area contributed by atoms with Crippen LogP contribution in [-0.4, -0.2) is 35.4 Å². The van der Waals surface area contributed by atoms with Crippen LogP contribution in [0.5, 0.6) is 0 Å². The van der Waals surface area contributed by atoms with Crippen LogP contribution in [-0.2, 0) is 25.7 Å². The molecule has 0 spiro atoms. The van der Waals surface area contributed by atoms with E-state index in [4.69, 9.17) is 4.74 Å². The molecule has 0 bridgehead atoms. The summed E-state index contributed by atoms with van der Waals surface area (Å²) in [6.07, 6.45) is 3.24. The van der Waals surface area contributed by atoms with E-state index < -0.39 is 29.3 Å². The minimum atomic E-state index is -0.899. The van der Waals surface area contributed by atoms with Gasteiger partial charge < -0.3 is 19.9 Å². The first-order chi connectivity index (χ1) is 17.1. The molecular formula is C28H32FN3O4. The zero-order valence-corrected chi connectivity index (χ0v) is 21.0. The normalized spacial score (nSPS) is 12.9. The molecule has 36 heavy (non-hydrogen) atoms. The highest BCUT2D eigenvalue weighted by atomic mass is 19.1. The van der Waals surface area contributed by atoms with Gasteiger partial charge in [0.1, 0.15) is 18.5 Å². The smallest absolute Gasteiger partial charge is 0.307 e. The fourth-order valence-corrected chi connectivity index (χ4v) is 3.78. The third-order valence-electron chi connectivity index (χ3n) is 5.83. The molecule has 2 aromatic carbocycles. The molecule has 3 aromatic rings. The van der Waals surface area contributed by atoms with E-state index in [0.29, 0.717) is 11.3 Å². The largest absolute Gasteiger partial charge is 0.461 e. The van der Waals surface area contributed by atoms with Gasteiger partial charge in [-0.25, -0.2) is 4.39 Å². The van der Waals surface area contributed by atoms with E-state index in [0.717, 1.165) is 5.56 Å². The number of carbonyl (C=O) groups is 3. The highest BCUT2D eigenvalue weighted by Crippen LogP contribution is 2.26. The Bertz CT molecular complexity index is 1180. The molecule has 0 aliphatic carbocycles. The first kappa shape index (κ1) is 26.7. The molecule has 1 heterocycles. The number of nitrogens with one attached hydrogen (secondary N) is 2. The molecule has 3 rings (SSSR count). The minimum absolute atomic E-state index is 0.0907. The monoisotopic (exact) mass is 493 g/mol. The summed E-state index contributed by atoms with van der Waals surface area (Å²) in [6, 6.07) is 16.1. The Morgan fingerprint density at radius 3 is 2.25 bits per heavy atom. The van der Waals surface area contributed by atoms with Crippen molar-refractivity contribution in [3.63, 3.8) is 0 Å². The predicted molar refractivity (Wildman–Crippen MR) is 135 cm³/mol. The van der Waals surface area contributed by atoms with Crippen LogP contribution in [0.2, 0.25) is 0 Å². The van der Waals surface area contributed by atoms with E-state index >= 15 is 0 Å². The lowest BCUT2D eigenvalue weighted by atomic mass is 9.85. The van der Waals surface area contributed by atoms with Gasteiger partial charge >= 0.3 is 5.97 Å². The molecule has 2 unspecified atom stereocenters. The van der Waals surface area contributed by atoms with E-state index in [1.54, 1.807) is 35.2 Å². The van der Waals surface area contributed by atoms with Crippen LogP contribution < -0.4 is 10.6 Å². The number of likely N-dealkylation sites (N-methyl/N-ethyl adjacent to an activating group) is 1. The number of esters is 1. The topological polar surface area (TPSA) is 89.4 Å². The van der Waals surface area contributed by atoms with Gasteiger partial charge in [0.2, 0.25) is 11.8 Å². The van der Waals surface area contributed by atoms with Crippen molar-refractivity contribution >= 4 is 17.8 Å². The number of halogens is 1. The zero-order chi connectivity index (χ0) is 26.3. The molecule has 190 valence electrons. The number of carbonyl (C=O) groups excluding carboxylic acids is 3. The molecule has 0 aliphatic heterocycles. The Labute approximate surface area is 210 Å². The molecule has 0 radical (unpaired) electrons. The van der Waals surface area contributed by atoms with E-state index in [2.05, 4.69) is 10.6 Å². The number of hydrogen-bond acceptors (Lipinski definition) is 4. The van der Waals surface area contributed by atoms with Crippen molar-refractivity contribution in [2.24, 2.45) is 5.41 Å². The van der Waals surface area contributed by atoms with Crippen molar-refractivity contribution < 1.29 is 23.5 Å². The maximum Gasteiger partial charge on any atom is 0.307 e. The Kier molecular flexibility index (Phi) is 8.64. The summed E-state index contributed by atoms with van der Waals surface area (Å²) >= 11 is 0. The standard InChI is InChI=1S/C28H32FN3O4/c1-28(2,3)25(27(35)30-4)31-26(34)23(16-24(33)36-18-19-8-6-5-7-9-19)20-14-15-32(17-20)22-12-10-21(29)11-13-22/h5-15,17,23,25H,16,18H2,1-4H3,(H,30,35)(H,31,34). The molecule has 0 aliphatic rings. The van der Waals surface area contributed by atoms with Crippen LogP contribution in [0.15, 0.2) is 73.1 Å². The van der Waals surface area contributed by atoms with Gasteiger partial charge in [0.25, 0.3) is 0 Å². The average Bonchev–Trinajstić information content (AvgIpc) is 3.34. The third-order valence-corrected chi connectivity index (χ3v) is 5.83. The number of nitrogens with zero attached hydrogens (tertiary/aromatic N) is 1. The Morgan fingerprint density at radius 2 is 1.64 bits per heavy atom. The first-order valence-corrected chi connectivity index (χ1v) is 11.7. The van der Waals surface area contributed by atoms with E-state index in [9.17, 15) is 18.8 Å². The number of benzene rings is 2. The number of aromatic nitrogens is 1. The second kappa shape index (κ2) is 11.7. The van der Waals surface area contributed by atoms with Gasteiger partial charge in [-0.1, -0.05) is 51.1 Å². The fourth-order valence-electron chi connectivity index (χ4n) is 3.78. The molecule has 2 amide bonds. The summed E-state index contributed by atoms with van der Waals surface area (Å²) in [5.74, 6) is -2.59. The highest BCUT2D eigenvalue weighted by molar-refractivity contribution is 5.93. The van der Waals surface area contributed by atoms with Gasteiger partial charge in [0.05, 0.1) is 12.3 Å². The van der Waals surface area contributed by atoms with E-state index in [-0.39, 0.29) is 24.8 Å². The number of amides is 2. The first-order valence-electron chi connectivity index (χ1n) is 11.7. The zero-order valence-electron chi connectivity index (χ0n) is 21.0. The van der Waals surface area contributed by atoms with Crippen molar-refractivity contribution in [1.82, 2.24) is 15.2 Å². The van der Waals surface area contributed by atoms with Crippen LogP contribution in [0.1, 0.15) is 44.2 Å². The van der Waals surface area contributed by atoms with E-state index in [1.807, 2.05) is 51.1 Å². The molecule has 0 saturated carbocycles. The summed E-state index contributed by atoms with van der Waals surface area (Å²) < 4.78 is 20.5. The number of rotatable bonds is 9. The van der Waals surface area contributed by atoms with Gasteiger partial charge in [-0.05, 0) is 46.9 Å². The quantitative estimate of drug-likeness (QED) is 0.439. The molecule has 0 fully saturated rings. The SMILES string of the molecule is CNC(=O)C(NC(=O)C(CC(=O)OCc1ccccc1)c1ccn(-c2ccc(F)cc2)c1)C(C)(C)C. The lowest BCUT2D eigenvalue weighted by Gasteiger charge is -2.31. The van der Waals surface area contributed by atoms with Gasteiger partial charge in [0.15, 0.2) is 0 Å². The second-order valence-electron chi connectivity index (χ2n) is 9.65. The van der Waals surface area contributed by atoms with Gasteiger partial charge in [-0.3, -0.25) is 14.4 Å². The summed E-state index contributed by atoms with van der Waals surface area (Å²) in [7, 11) is 1.51. The maximum absolute atomic E-state index is 13.5. The maximum atomic E-state index is 13.5. The molecule has 7 nitrogen and oxygen atoms in total. The molecular weight excluding hydrogens is 461 g/mol. The van der Waals surface area contributed by atoms with E-state index in [1.165, 1.54) is 19.2 Å². The molecule has 2 N–H and O–H groups in total. The lowest BCUT2D eigenvalue weighted by molar-refractivity contribution is -0.147. The van der Waals surface area contributed by atoms with Crippen molar-refractivity contribution in [2.75, 3.05) is 7.05 Å². The van der Waals surface area contributed by atoms with Crippen molar-refractivity contribution in [3.05, 3.63) is 90.0 Å².